The molecule has 0 aliphatic heterocycles. The topological polar surface area (TPSA) is 90.1 Å². The molecule has 1 amide bonds. The third-order valence-corrected chi connectivity index (χ3v) is 3.12. The Kier molecular flexibility index (Phi) is 4.58. The van der Waals surface area contributed by atoms with Gasteiger partial charge in [0.2, 0.25) is 5.82 Å². The number of benzene rings is 1. The summed E-state index contributed by atoms with van der Waals surface area (Å²) in [5.74, 6) is -0.736. The zero-order chi connectivity index (χ0) is 18.1. The number of rotatable bonds is 3. The predicted molar refractivity (Wildman–Crippen MR) is 78.8 cm³/mol. The second kappa shape index (κ2) is 6.30. The van der Waals surface area contributed by atoms with Crippen LogP contribution in [0.2, 0.25) is 0 Å². The molecule has 0 fully saturated rings. The lowest BCUT2D eigenvalue weighted by atomic mass is 10.2. The normalized spacial score (nSPS) is 11.6. The van der Waals surface area contributed by atoms with Crippen LogP contribution in [0, 0.1) is 10.1 Å². The second-order valence-electron chi connectivity index (χ2n) is 5.23. The van der Waals surface area contributed by atoms with Crippen LogP contribution in [0.4, 0.5) is 29.5 Å². The molecular weight excluding hydrogens is 329 g/mol. The monoisotopic (exact) mass is 342 g/mol. The zero-order valence-electron chi connectivity index (χ0n) is 12.7. The standard InChI is InChI=1S/C14H13F3N4O3/c1-8(2)12-18-7-11(21(23)24)20(12)13(22)19-10-5-3-4-9(6-10)14(15,16)17/h3-8H,1-2H3,(H,19,22). The number of hydrogen-bond donors (Lipinski definition) is 1. The molecule has 0 aliphatic rings. The van der Waals surface area contributed by atoms with Crippen molar-refractivity contribution >= 4 is 17.5 Å². The van der Waals surface area contributed by atoms with Gasteiger partial charge in [0.1, 0.15) is 6.20 Å². The summed E-state index contributed by atoms with van der Waals surface area (Å²) in [5.41, 5.74) is -1.07. The third kappa shape index (κ3) is 3.53. The van der Waals surface area contributed by atoms with Crippen LogP contribution in [0.1, 0.15) is 31.2 Å². The van der Waals surface area contributed by atoms with E-state index in [-0.39, 0.29) is 17.4 Å². The number of imidazole rings is 1. The van der Waals surface area contributed by atoms with E-state index in [1.165, 1.54) is 6.07 Å². The first-order valence-corrected chi connectivity index (χ1v) is 6.82. The Morgan fingerprint density at radius 1 is 1.38 bits per heavy atom. The molecule has 0 aliphatic carbocycles. The minimum absolute atomic E-state index is 0.131. The first-order valence-electron chi connectivity index (χ1n) is 6.82. The molecule has 1 aromatic heterocycles. The zero-order valence-corrected chi connectivity index (χ0v) is 12.7. The Hall–Kier alpha value is -2.91. The molecule has 10 heteroatoms. The van der Waals surface area contributed by atoms with E-state index in [1.807, 2.05) is 0 Å². The molecule has 0 bridgehead atoms. The summed E-state index contributed by atoms with van der Waals surface area (Å²) in [4.78, 5) is 26.4. The molecule has 2 rings (SSSR count). The lowest BCUT2D eigenvalue weighted by molar-refractivity contribution is -0.390. The van der Waals surface area contributed by atoms with Gasteiger partial charge in [-0.1, -0.05) is 19.9 Å². The summed E-state index contributed by atoms with van der Waals surface area (Å²) in [6.07, 6.45) is -3.63. The number of nitrogens with one attached hydrogen (secondary N) is 1. The largest absolute Gasteiger partial charge is 0.419 e. The fourth-order valence-corrected chi connectivity index (χ4v) is 2.05. The second-order valence-corrected chi connectivity index (χ2v) is 5.23. The number of carbonyl (C=O) groups is 1. The quantitative estimate of drug-likeness (QED) is 0.674. The highest BCUT2D eigenvalue weighted by atomic mass is 19.4. The van der Waals surface area contributed by atoms with Gasteiger partial charge in [-0.3, -0.25) is 5.32 Å². The highest BCUT2D eigenvalue weighted by Crippen LogP contribution is 2.31. The van der Waals surface area contributed by atoms with Gasteiger partial charge in [0.25, 0.3) is 0 Å². The summed E-state index contributed by atoms with van der Waals surface area (Å²) in [5, 5.41) is 13.2. The van der Waals surface area contributed by atoms with Crippen LogP contribution in [0.3, 0.4) is 0 Å². The van der Waals surface area contributed by atoms with Crippen molar-refractivity contribution in [1.29, 1.82) is 0 Å². The molecule has 7 nitrogen and oxygen atoms in total. The van der Waals surface area contributed by atoms with Gasteiger partial charge < -0.3 is 10.1 Å². The number of anilines is 1. The minimum atomic E-state index is -4.56. The predicted octanol–water partition coefficient (Wildman–Crippen LogP) is 4.01. The third-order valence-electron chi connectivity index (χ3n) is 3.12. The molecule has 2 aromatic rings. The van der Waals surface area contributed by atoms with E-state index in [2.05, 4.69) is 10.3 Å². The van der Waals surface area contributed by atoms with E-state index in [9.17, 15) is 28.1 Å². The van der Waals surface area contributed by atoms with Crippen molar-refractivity contribution in [3.63, 3.8) is 0 Å². The van der Waals surface area contributed by atoms with E-state index in [0.29, 0.717) is 0 Å². The Labute approximate surface area is 134 Å². The summed E-state index contributed by atoms with van der Waals surface area (Å²) in [6, 6.07) is 3.03. The molecule has 0 spiro atoms. The Balaban J connectivity index is 2.37. The molecule has 0 saturated heterocycles. The highest BCUT2D eigenvalue weighted by molar-refractivity contribution is 5.93. The van der Waals surface area contributed by atoms with E-state index < -0.39 is 28.5 Å². The van der Waals surface area contributed by atoms with Gasteiger partial charge in [-0.15, -0.1) is 4.57 Å². The van der Waals surface area contributed by atoms with Crippen molar-refractivity contribution in [2.45, 2.75) is 25.9 Å². The van der Waals surface area contributed by atoms with Crippen molar-refractivity contribution in [2.75, 3.05) is 5.32 Å². The average molecular weight is 342 g/mol. The number of nitro groups is 1. The lowest BCUT2D eigenvalue weighted by Gasteiger charge is -2.10. The number of halogens is 3. The van der Waals surface area contributed by atoms with Crippen LogP contribution in [0.25, 0.3) is 0 Å². The number of nitrogens with zero attached hydrogens (tertiary/aromatic N) is 3. The molecule has 0 unspecified atom stereocenters. The molecule has 0 saturated carbocycles. The van der Waals surface area contributed by atoms with Crippen molar-refractivity contribution < 1.29 is 22.9 Å². The molecule has 1 aromatic carbocycles. The van der Waals surface area contributed by atoms with Gasteiger partial charge in [-0.25, -0.2) is 9.78 Å². The maximum atomic E-state index is 12.7. The smallest absolute Gasteiger partial charge is 0.358 e. The minimum Gasteiger partial charge on any atom is -0.358 e. The molecule has 24 heavy (non-hydrogen) atoms. The summed E-state index contributed by atoms with van der Waals surface area (Å²) < 4.78 is 38.8. The van der Waals surface area contributed by atoms with Crippen molar-refractivity contribution in [3.8, 4) is 0 Å². The fourth-order valence-electron chi connectivity index (χ4n) is 2.05. The van der Waals surface area contributed by atoms with Crippen LogP contribution in [0.5, 0.6) is 0 Å². The van der Waals surface area contributed by atoms with Crippen LogP contribution in [0.15, 0.2) is 30.5 Å². The Morgan fingerprint density at radius 2 is 2.04 bits per heavy atom. The average Bonchev–Trinajstić information content (AvgIpc) is 2.92. The molecule has 0 radical (unpaired) electrons. The first-order chi connectivity index (χ1) is 11.1. The van der Waals surface area contributed by atoms with Gasteiger partial charge in [0.05, 0.1) is 5.56 Å². The van der Waals surface area contributed by atoms with Crippen LogP contribution in [-0.4, -0.2) is 20.5 Å². The first kappa shape index (κ1) is 17.4. The van der Waals surface area contributed by atoms with E-state index >= 15 is 0 Å². The van der Waals surface area contributed by atoms with Crippen molar-refractivity contribution in [3.05, 3.63) is 52.0 Å². The van der Waals surface area contributed by atoms with Gasteiger partial charge >= 0.3 is 18.0 Å². The number of alkyl halides is 3. The van der Waals surface area contributed by atoms with Crippen LogP contribution >= 0.6 is 0 Å². The SMILES string of the molecule is CC(C)c1ncc([N+](=O)[O-])n1C(=O)Nc1cccc(C(F)(F)F)c1. The Morgan fingerprint density at radius 3 is 2.58 bits per heavy atom. The van der Waals surface area contributed by atoms with Crippen LogP contribution in [-0.2, 0) is 6.18 Å². The molecule has 0 atom stereocenters. The summed E-state index contributed by atoms with van der Waals surface area (Å²) in [7, 11) is 0. The van der Waals surface area contributed by atoms with Crippen LogP contribution < -0.4 is 5.32 Å². The van der Waals surface area contributed by atoms with Gasteiger partial charge in [0.15, 0.2) is 0 Å². The van der Waals surface area contributed by atoms with Gasteiger partial charge in [-0.05, 0) is 23.1 Å². The van der Waals surface area contributed by atoms with Crippen molar-refractivity contribution in [1.82, 2.24) is 9.55 Å². The van der Waals surface area contributed by atoms with E-state index in [4.69, 9.17) is 0 Å². The number of amides is 1. The highest BCUT2D eigenvalue weighted by Gasteiger charge is 2.32. The fraction of sp³-hybridized carbons (Fsp3) is 0.286. The van der Waals surface area contributed by atoms with Gasteiger partial charge in [-0.2, -0.15) is 13.2 Å². The molecule has 128 valence electrons. The number of hydrogen-bond acceptors (Lipinski definition) is 4. The van der Waals surface area contributed by atoms with E-state index in [1.54, 1.807) is 13.8 Å². The van der Waals surface area contributed by atoms with E-state index in [0.717, 1.165) is 29.0 Å². The number of carbonyl (C=O) groups excluding carboxylic acids is 1. The molecular formula is C14H13F3N4O3. The maximum absolute atomic E-state index is 12.7. The number of aromatic nitrogens is 2. The molecule has 1 N–H and O–H groups in total. The molecule has 1 heterocycles. The van der Waals surface area contributed by atoms with Gasteiger partial charge in [0, 0.05) is 11.6 Å². The lowest BCUT2D eigenvalue weighted by Crippen LogP contribution is -2.23. The maximum Gasteiger partial charge on any atom is 0.419 e. The Bertz CT molecular complexity index is 784. The summed E-state index contributed by atoms with van der Waals surface area (Å²) in [6.45, 7) is 3.36. The van der Waals surface area contributed by atoms with Crippen molar-refractivity contribution in [2.24, 2.45) is 0 Å². The summed E-state index contributed by atoms with van der Waals surface area (Å²) >= 11 is 0.